The van der Waals surface area contributed by atoms with Gasteiger partial charge in [-0.25, -0.2) is 0 Å². The molecule has 0 aromatic heterocycles. The molecule has 1 aliphatic heterocycles. The minimum atomic E-state index is -4.04. The number of hydrogen-bond donors (Lipinski definition) is 1. The maximum Gasteiger partial charge on any atom is 0.391 e. The summed E-state index contributed by atoms with van der Waals surface area (Å²) in [5.41, 5.74) is 8.50. The Bertz CT molecular complexity index is 451. The van der Waals surface area contributed by atoms with Gasteiger partial charge in [0.05, 0.1) is 5.92 Å². The first-order valence-electron chi connectivity index (χ1n) is 7.48. The molecule has 1 atom stereocenters. The Kier molecular flexibility index (Phi) is 5.27. The number of nitrogens with two attached hydrogens (primary N) is 1. The highest BCUT2D eigenvalue weighted by Crippen LogP contribution is 2.34. The largest absolute Gasteiger partial charge is 0.391 e. The highest BCUT2D eigenvalue weighted by molar-refractivity contribution is 5.28. The van der Waals surface area contributed by atoms with Crippen LogP contribution in [0.4, 0.5) is 13.2 Å². The number of rotatable bonds is 4. The Morgan fingerprint density at radius 3 is 2.43 bits per heavy atom. The van der Waals surface area contributed by atoms with Crippen LogP contribution in [0.25, 0.3) is 0 Å². The van der Waals surface area contributed by atoms with Crippen molar-refractivity contribution >= 4 is 0 Å². The first-order valence-corrected chi connectivity index (χ1v) is 7.48. The molecular weight excluding hydrogens is 277 g/mol. The quantitative estimate of drug-likeness (QED) is 0.919. The normalized spacial score (nSPS) is 19.7. The van der Waals surface area contributed by atoms with E-state index >= 15 is 0 Å². The van der Waals surface area contributed by atoms with Crippen LogP contribution in [0.3, 0.4) is 0 Å². The van der Waals surface area contributed by atoms with Crippen LogP contribution >= 0.6 is 0 Å². The van der Waals surface area contributed by atoms with Crippen molar-refractivity contribution in [2.75, 3.05) is 19.6 Å². The van der Waals surface area contributed by atoms with E-state index in [1.54, 1.807) is 0 Å². The molecule has 1 aromatic rings. The maximum absolute atomic E-state index is 12.6. The summed E-state index contributed by atoms with van der Waals surface area (Å²) >= 11 is 0. The Morgan fingerprint density at radius 2 is 1.86 bits per heavy atom. The topological polar surface area (TPSA) is 29.3 Å². The summed E-state index contributed by atoms with van der Waals surface area (Å²) in [5.74, 6) is -1.13. The number of hydrogen-bond acceptors (Lipinski definition) is 2. The predicted octanol–water partition coefficient (Wildman–Crippen LogP) is 3.66. The lowest BCUT2D eigenvalue weighted by Gasteiger charge is -2.33. The SMILES string of the molecule is Cc1ccccc1C(N)CCN1CCC(C(F)(F)F)CC1. The number of benzene rings is 1. The molecule has 1 aliphatic rings. The Labute approximate surface area is 124 Å². The zero-order valence-corrected chi connectivity index (χ0v) is 12.4. The first-order chi connectivity index (χ1) is 9.88. The predicted molar refractivity (Wildman–Crippen MR) is 77.9 cm³/mol. The van der Waals surface area contributed by atoms with Crippen LogP contribution in [0, 0.1) is 12.8 Å². The van der Waals surface area contributed by atoms with Crippen molar-refractivity contribution in [1.29, 1.82) is 0 Å². The van der Waals surface area contributed by atoms with Crippen molar-refractivity contribution in [3.63, 3.8) is 0 Å². The third-order valence-corrected chi connectivity index (χ3v) is 4.39. The maximum atomic E-state index is 12.6. The summed E-state index contributed by atoms with van der Waals surface area (Å²) in [6, 6.07) is 7.95. The standard InChI is InChI=1S/C16H23F3N2/c1-12-4-2-3-5-14(12)15(20)8-11-21-9-6-13(7-10-21)16(17,18)19/h2-5,13,15H,6-11,20H2,1H3. The number of nitrogens with zero attached hydrogens (tertiary/aromatic N) is 1. The fourth-order valence-corrected chi connectivity index (χ4v) is 2.96. The monoisotopic (exact) mass is 300 g/mol. The molecule has 5 heteroatoms. The summed E-state index contributed by atoms with van der Waals surface area (Å²) in [4.78, 5) is 2.10. The van der Waals surface area contributed by atoms with E-state index in [9.17, 15) is 13.2 Å². The molecule has 0 bridgehead atoms. The van der Waals surface area contributed by atoms with Crippen LogP contribution < -0.4 is 5.73 Å². The lowest BCUT2D eigenvalue weighted by Crippen LogP contribution is -2.40. The molecule has 2 nitrogen and oxygen atoms in total. The van der Waals surface area contributed by atoms with Gasteiger partial charge in [-0.2, -0.15) is 13.2 Å². The van der Waals surface area contributed by atoms with Crippen LogP contribution in [0.1, 0.15) is 36.4 Å². The average molecular weight is 300 g/mol. The van der Waals surface area contributed by atoms with Gasteiger partial charge in [0.1, 0.15) is 0 Å². The molecule has 2 rings (SSSR count). The van der Waals surface area contributed by atoms with Gasteiger partial charge in [0.25, 0.3) is 0 Å². The number of alkyl halides is 3. The lowest BCUT2D eigenvalue weighted by atomic mass is 9.95. The third kappa shape index (κ3) is 4.45. The smallest absolute Gasteiger partial charge is 0.324 e. The van der Waals surface area contributed by atoms with Crippen molar-refractivity contribution in [2.45, 2.75) is 38.4 Å². The van der Waals surface area contributed by atoms with E-state index in [4.69, 9.17) is 5.73 Å². The van der Waals surface area contributed by atoms with E-state index in [1.807, 2.05) is 31.2 Å². The van der Waals surface area contributed by atoms with Crippen molar-refractivity contribution in [3.8, 4) is 0 Å². The molecule has 0 spiro atoms. The fourth-order valence-electron chi connectivity index (χ4n) is 2.96. The zero-order chi connectivity index (χ0) is 15.5. The van der Waals surface area contributed by atoms with Gasteiger partial charge in [0.15, 0.2) is 0 Å². The number of aryl methyl sites for hydroxylation is 1. The van der Waals surface area contributed by atoms with Crippen molar-refractivity contribution in [1.82, 2.24) is 4.90 Å². The van der Waals surface area contributed by atoms with Gasteiger partial charge in [-0.1, -0.05) is 24.3 Å². The molecule has 1 unspecified atom stereocenters. The summed E-state index contributed by atoms with van der Waals surface area (Å²) in [6.07, 6.45) is -2.84. The van der Waals surface area contributed by atoms with Gasteiger partial charge in [-0.05, 0) is 56.9 Å². The first kappa shape index (κ1) is 16.3. The minimum Gasteiger partial charge on any atom is -0.324 e. The van der Waals surface area contributed by atoms with Crippen LogP contribution in [0.2, 0.25) is 0 Å². The molecule has 118 valence electrons. The van der Waals surface area contributed by atoms with E-state index < -0.39 is 12.1 Å². The van der Waals surface area contributed by atoms with Crippen LogP contribution in [-0.2, 0) is 0 Å². The molecule has 1 saturated heterocycles. The van der Waals surface area contributed by atoms with Gasteiger partial charge in [-0.15, -0.1) is 0 Å². The van der Waals surface area contributed by atoms with Crippen molar-refractivity contribution < 1.29 is 13.2 Å². The van der Waals surface area contributed by atoms with E-state index in [0.717, 1.165) is 18.5 Å². The fraction of sp³-hybridized carbons (Fsp3) is 0.625. The summed E-state index contributed by atoms with van der Waals surface area (Å²) in [5, 5.41) is 0. The van der Waals surface area contributed by atoms with Gasteiger partial charge in [0, 0.05) is 6.04 Å². The Morgan fingerprint density at radius 1 is 1.24 bits per heavy atom. The van der Waals surface area contributed by atoms with Crippen LogP contribution in [0.15, 0.2) is 24.3 Å². The van der Waals surface area contributed by atoms with E-state index in [1.165, 1.54) is 5.56 Å². The molecule has 2 N–H and O–H groups in total. The van der Waals surface area contributed by atoms with Crippen LogP contribution in [-0.4, -0.2) is 30.7 Å². The van der Waals surface area contributed by atoms with E-state index in [0.29, 0.717) is 13.1 Å². The molecular formula is C16H23F3N2. The Hall–Kier alpha value is -1.07. The van der Waals surface area contributed by atoms with E-state index in [-0.39, 0.29) is 18.9 Å². The molecule has 0 amide bonds. The van der Waals surface area contributed by atoms with Gasteiger partial charge >= 0.3 is 6.18 Å². The van der Waals surface area contributed by atoms with Gasteiger partial charge < -0.3 is 10.6 Å². The lowest BCUT2D eigenvalue weighted by molar-refractivity contribution is -0.185. The molecule has 21 heavy (non-hydrogen) atoms. The molecule has 0 radical (unpaired) electrons. The highest BCUT2D eigenvalue weighted by Gasteiger charge is 2.40. The minimum absolute atomic E-state index is 0.0495. The van der Waals surface area contributed by atoms with Crippen LogP contribution in [0.5, 0.6) is 0 Å². The molecule has 0 aliphatic carbocycles. The summed E-state index contributed by atoms with van der Waals surface area (Å²) < 4.78 is 37.8. The third-order valence-electron chi connectivity index (χ3n) is 4.39. The summed E-state index contributed by atoms with van der Waals surface area (Å²) in [7, 11) is 0. The van der Waals surface area contributed by atoms with Crippen molar-refractivity contribution in [3.05, 3.63) is 35.4 Å². The Balaban J connectivity index is 1.79. The molecule has 1 fully saturated rings. The number of piperidine rings is 1. The zero-order valence-electron chi connectivity index (χ0n) is 12.4. The van der Waals surface area contributed by atoms with Crippen molar-refractivity contribution in [2.24, 2.45) is 11.7 Å². The highest BCUT2D eigenvalue weighted by atomic mass is 19.4. The number of halogens is 3. The molecule has 1 heterocycles. The second-order valence-electron chi connectivity index (χ2n) is 5.91. The second kappa shape index (κ2) is 6.79. The number of likely N-dealkylation sites (tertiary alicyclic amines) is 1. The van der Waals surface area contributed by atoms with Gasteiger partial charge in [-0.3, -0.25) is 0 Å². The summed E-state index contributed by atoms with van der Waals surface area (Å²) in [6.45, 7) is 3.83. The molecule has 1 aromatic carbocycles. The second-order valence-corrected chi connectivity index (χ2v) is 5.91. The average Bonchev–Trinajstić information content (AvgIpc) is 2.45. The van der Waals surface area contributed by atoms with E-state index in [2.05, 4.69) is 4.90 Å². The molecule has 0 saturated carbocycles. The van der Waals surface area contributed by atoms with Gasteiger partial charge in [0.2, 0.25) is 0 Å².